The van der Waals surface area contributed by atoms with E-state index in [-0.39, 0.29) is 11.8 Å². The number of nitrogens with one attached hydrogen (secondary N) is 1. The third-order valence-electron chi connectivity index (χ3n) is 5.88. The van der Waals surface area contributed by atoms with E-state index in [1.807, 2.05) is 35.2 Å². The minimum absolute atomic E-state index is 0.0836. The Hall–Kier alpha value is -3.12. The lowest BCUT2D eigenvalue weighted by Crippen LogP contribution is -2.36. The number of benzene rings is 2. The lowest BCUT2D eigenvalue weighted by Gasteiger charge is -2.28. The number of aryl methyl sites for hydroxylation is 1. The van der Waals surface area contributed by atoms with E-state index in [2.05, 4.69) is 28.8 Å². The normalized spacial score (nSPS) is 13.3. The van der Waals surface area contributed by atoms with Crippen molar-refractivity contribution in [3.8, 4) is 0 Å². The molecule has 2 amide bonds. The van der Waals surface area contributed by atoms with Crippen molar-refractivity contribution in [2.75, 3.05) is 6.54 Å². The molecule has 2 aromatic carbocycles. The van der Waals surface area contributed by atoms with E-state index >= 15 is 0 Å². The highest BCUT2D eigenvalue weighted by Crippen LogP contribution is 2.32. The zero-order valence-corrected chi connectivity index (χ0v) is 17.0. The monoisotopic (exact) mass is 405 g/mol. The molecule has 2 heterocycles. The van der Waals surface area contributed by atoms with Crippen LogP contribution in [0.1, 0.15) is 47.3 Å². The molecule has 156 valence electrons. The predicted molar refractivity (Wildman–Crippen MR) is 115 cm³/mol. The smallest absolute Gasteiger partial charge is 0.254 e. The largest absolute Gasteiger partial charge is 0.344 e. The Bertz CT molecular complexity index is 1040. The number of carbonyl (C=O) groups is 2. The van der Waals surface area contributed by atoms with Gasteiger partial charge in [-0.2, -0.15) is 0 Å². The standard InChI is InChI=1S/C24H27N3O3/c28-23(25-30)13-5-2-8-15-27-21-12-7-6-11-19(21)20-17-26(16-14-22(20)27)24(29)18-9-3-1-4-10-18/h1,3-4,6-7,9-12,30H,2,5,8,13-17H2,(H,25,28). The van der Waals surface area contributed by atoms with Gasteiger partial charge in [0.1, 0.15) is 0 Å². The summed E-state index contributed by atoms with van der Waals surface area (Å²) < 4.78 is 2.39. The van der Waals surface area contributed by atoms with E-state index in [1.165, 1.54) is 22.2 Å². The van der Waals surface area contributed by atoms with Crippen LogP contribution in [0, 0.1) is 0 Å². The number of unbranched alkanes of at least 4 members (excludes halogenated alkanes) is 2. The molecule has 0 saturated carbocycles. The van der Waals surface area contributed by atoms with Crippen LogP contribution in [-0.2, 0) is 24.3 Å². The Morgan fingerprint density at radius 1 is 0.967 bits per heavy atom. The van der Waals surface area contributed by atoms with Crippen molar-refractivity contribution in [2.24, 2.45) is 0 Å². The first-order valence-corrected chi connectivity index (χ1v) is 10.6. The molecule has 0 saturated heterocycles. The van der Waals surface area contributed by atoms with E-state index in [0.717, 1.165) is 37.8 Å². The van der Waals surface area contributed by atoms with Gasteiger partial charge in [-0.3, -0.25) is 14.8 Å². The van der Waals surface area contributed by atoms with Crippen LogP contribution in [0.5, 0.6) is 0 Å². The fraction of sp³-hybridized carbons (Fsp3) is 0.333. The molecule has 0 radical (unpaired) electrons. The Kier molecular flexibility index (Phi) is 6.14. The predicted octanol–water partition coefficient (Wildman–Crippen LogP) is 3.91. The fourth-order valence-electron chi connectivity index (χ4n) is 4.38. The summed E-state index contributed by atoms with van der Waals surface area (Å²) in [5, 5.41) is 9.81. The van der Waals surface area contributed by atoms with Gasteiger partial charge in [0.2, 0.25) is 5.91 Å². The van der Waals surface area contributed by atoms with Crippen molar-refractivity contribution in [1.82, 2.24) is 14.9 Å². The number of fused-ring (bicyclic) bond motifs is 3. The van der Waals surface area contributed by atoms with Crippen molar-refractivity contribution >= 4 is 22.7 Å². The summed E-state index contributed by atoms with van der Waals surface area (Å²) in [6.07, 6.45) is 3.84. The van der Waals surface area contributed by atoms with Gasteiger partial charge in [0.05, 0.1) is 0 Å². The average molecular weight is 405 g/mol. The van der Waals surface area contributed by atoms with E-state index in [4.69, 9.17) is 5.21 Å². The second kappa shape index (κ2) is 9.13. The highest BCUT2D eigenvalue weighted by Gasteiger charge is 2.26. The van der Waals surface area contributed by atoms with Gasteiger partial charge in [-0.25, -0.2) is 5.48 Å². The van der Waals surface area contributed by atoms with Gasteiger partial charge >= 0.3 is 0 Å². The molecule has 0 fully saturated rings. The summed E-state index contributed by atoms with van der Waals surface area (Å²) in [5.41, 5.74) is 6.20. The van der Waals surface area contributed by atoms with Gasteiger partial charge in [-0.05, 0) is 31.0 Å². The number of hydrogen-bond donors (Lipinski definition) is 2. The highest BCUT2D eigenvalue weighted by atomic mass is 16.5. The molecule has 6 heteroatoms. The molecule has 0 aliphatic carbocycles. The van der Waals surface area contributed by atoms with Gasteiger partial charge in [0.25, 0.3) is 5.91 Å². The Balaban J connectivity index is 1.51. The Morgan fingerprint density at radius 2 is 1.73 bits per heavy atom. The number of nitrogens with zero attached hydrogens (tertiary/aromatic N) is 2. The molecule has 3 aromatic rings. The van der Waals surface area contributed by atoms with Crippen LogP contribution in [0.3, 0.4) is 0 Å². The average Bonchev–Trinajstić information content (AvgIpc) is 3.12. The first-order chi connectivity index (χ1) is 14.7. The summed E-state index contributed by atoms with van der Waals surface area (Å²) in [6.45, 7) is 2.24. The van der Waals surface area contributed by atoms with Gasteiger partial charge in [0.15, 0.2) is 0 Å². The van der Waals surface area contributed by atoms with Crippen LogP contribution in [0.15, 0.2) is 54.6 Å². The summed E-state index contributed by atoms with van der Waals surface area (Å²) in [4.78, 5) is 26.1. The minimum atomic E-state index is -0.332. The first kappa shape index (κ1) is 20.2. The molecule has 4 rings (SSSR count). The molecule has 1 aliphatic rings. The van der Waals surface area contributed by atoms with Gasteiger partial charge in [-0.15, -0.1) is 0 Å². The SMILES string of the molecule is O=C(CCCCCn1c2c(c3ccccc31)CN(C(=O)c1ccccc1)CC2)NO. The molecular formula is C24H27N3O3. The number of amides is 2. The molecule has 6 nitrogen and oxygen atoms in total. The van der Waals surface area contributed by atoms with E-state index < -0.39 is 0 Å². The van der Waals surface area contributed by atoms with Crippen LogP contribution in [-0.4, -0.2) is 33.0 Å². The maximum Gasteiger partial charge on any atom is 0.254 e. The van der Waals surface area contributed by atoms with Gasteiger partial charge < -0.3 is 9.47 Å². The van der Waals surface area contributed by atoms with Gasteiger partial charge in [-0.1, -0.05) is 42.8 Å². The number of rotatable bonds is 7. The zero-order valence-electron chi connectivity index (χ0n) is 17.0. The number of hydroxylamine groups is 1. The van der Waals surface area contributed by atoms with Crippen molar-refractivity contribution in [3.05, 3.63) is 71.4 Å². The summed E-state index contributed by atoms with van der Waals surface area (Å²) in [5.74, 6) is -0.248. The third kappa shape index (κ3) is 4.09. The quantitative estimate of drug-likeness (QED) is 0.356. The van der Waals surface area contributed by atoms with Crippen LogP contribution in [0.25, 0.3) is 10.9 Å². The maximum absolute atomic E-state index is 12.9. The van der Waals surface area contributed by atoms with E-state index in [0.29, 0.717) is 19.5 Å². The second-order valence-electron chi connectivity index (χ2n) is 7.78. The molecule has 0 atom stereocenters. The number of para-hydroxylation sites is 1. The fourth-order valence-corrected chi connectivity index (χ4v) is 4.38. The number of hydrogen-bond acceptors (Lipinski definition) is 3. The molecule has 0 bridgehead atoms. The number of aromatic nitrogens is 1. The molecule has 1 aliphatic heterocycles. The molecular weight excluding hydrogens is 378 g/mol. The summed E-state index contributed by atoms with van der Waals surface area (Å²) in [7, 11) is 0. The second-order valence-corrected chi connectivity index (χ2v) is 7.78. The Morgan fingerprint density at radius 3 is 2.53 bits per heavy atom. The van der Waals surface area contributed by atoms with E-state index in [1.54, 1.807) is 5.48 Å². The van der Waals surface area contributed by atoms with Crippen LogP contribution < -0.4 is 5.48 Å². The van der Waals surface area contributed by atoms with Crippen molar-refractivity contribution < 1.29 is 14.8 Å². The highest BCUT2D eigenvalue weighted by molar-refractivity contribution is 5.95. The molecule has 1 aromatic heterocycles. The molecule has 2 N–H and O–H groups in total. The van der Waals surface area contributed by atoms with Crippen molar-refractivity contribution in [3.63, 3.8) is 0 Å². The van der Waals surface area contributed by atoms with Crippen molar-refractivity contribution in [2.45, 2.75) is 45.2 Å². The molecule has 30 heavy (non-hydrogen) atoms. The number of carbonyl (C=O) groups excluding carboxylic acids is 2. The first-order valence-electron chi connectivity index (χ1n) is 10.6. The lowest BCUT2D eigenvalue weighted by atomic mass is 10.0. The van der Waals surface area contributed by atoms with Crippen LogP contribution in [0.2, 0.25) is 0 Å². The van der Waals surface area contributed by atoms with E-state index in [9.17, 15) is 9.59 Å². The summed E-state index contributed by atoms with van der Waals surface area (Å²) in [6, 6.07) is 17.9. The lowest BCUT2D eigenvalue weighted by molar-refractivity contribution is -0.129. The third-order valence-corrected chi connectivity index (χ3v) is 5.88. The topological polar surface area (TPSA) is 74.6 Å². The van der Waals surface area contributed by atoms with Gasteiger partial charge in [0, 0.05) is 60.2 Å². The zero-order chi connectivity index (χ0) is 20.9. The minimum Gasteiger partial charge on any atom is -0.344 e. The molecule has 0 spiro atoms. The van der Waals surface area contributed by atoms with Crippen LogP contribution in [0.4, 0.5) is 0 Å². The maximum atomic E-state index is 12.9. The Labute approximate surface area is 176 Å². The molecule has 0 unspecified atom stereocenters. The summed E-state index contributed by atoms with van der Waals surface area (Å²) >= 11 is 0. The van der Waals surface area contributed by atoms with Crippen LogP contribution >= 0.6 is 0 Å². The van der Waals surface area contributed by atoms with Crippen molar-refractivity contribution in [1.29, 1.82) is 0 Å².